The lowest BCUT2D eigenvalue weighted by atomic mass is 10.0. The third-order valence-electron chi connectivity index (χ3n) is 5.59. The quantitative estimate of drug-likeness (QED) is 0.729. The van der Waals surface area contributed by atoms with E-state index in [4.69, 9.17) is 10.5 Å². The highest BCUT2D eigenvalue weighted by molar-refractivity contribution is 8.03. The molecule has 0 spiro atoms. The monoisotopic (exact) mass is 456 g/mol. The summed E-state index contributed by atoms with van der Waals surface area (Å²) in [5.74, 6) is -1.84. The molecule has 4 rings (SSSR count). The first-order valence-corrected chi connectivity index (χ1v) is 11.2. The van der Waals surface area contributed by atoms with Crippen LogP contribution in [0.5, 0.6) is 5.75 Å². The molecule has 0 saturated carbocycles. The number of primary amides is 1. The molecule has 2 aromatic carbocycles. The molecule has 32 heavy (non-hydrogen) atoms. The molecule has 1 fully saturated rings. The fourth-order valence-corrected chi connectivity index (χ4v) is 4.90. The van der Waals surface area contributed by atoms with Crippen LogP contribution in [0, 0.1) is 23.0 Å². The number of halogens is 2. The number of nitrogens with two attached hydrogens (primary N) is 1. The first-order chi connectivity index (χ1) is 15.4. The summed E-state index contributed by atoms with van der Waals surface area (Å²) in [6, 6.07) is 10.8. The van der Waals surface area contributed by atoms with E-state index < -0.39 is 17.5 Å². The van der Waals surface area contributed by atoms with E-state index in [1.165, 1.54) is 23.9 Å². The number of piperidine rings is 1. The second-order valence-electron chi connectivity index (χ2n) is 7.67. The van der Waals surface area contributed by atoms with Gasteiger partial charge in [0, 0.05) is 37.4 Å². The van der Waals surface area contributed by atoms with Gasteiger partial charge < -0.3 is 20.3 Å². The van der Waals surface area contributed by atoms with E-state index >= 15 is 0 Å². The zero-order valence-corrected chi connectivity index (χ0v) is 18.2. The first-order valence-electron chi connectivity index (χ1n) is 10.2. The van der Waals surface area contributed by atoms with Crippen molar-refractivity contribution in [1.29, 1.82) is 5.26 Å². The number of carbonyl (C=O) groups is 1. The van der Waals surface area contributed by atoms with Crippen LogP contribution in [0.15, 0.2) is 47.5 Å². The lowest BCUT2D eigenvalue weighted by Gasteiger charge is -2.37. The molecule has 0 aromatic heterocycles. The number of benzene rings is 2. The predicted octanol–water partition coefficient (Wildman–Crippen LogP) is 4.11. The second kappa shape index (κ2) is 9.09. The number of ether oxygens (including phenoxy) is 1. The lowest BCUT2D eigenvalue weighted by Crippen LogP contribution is -2.40. The number of nitriles is 1. The highest BCUT2D eigenvalue weighted by atomic mass is 32.2. The second-order valence-corrected chi connectivity index (χ2v) is 8.86. The summed E-state index contributed by atoms with van der Waals surface area (Å²) in [4.78, 5) is 16.0. The molecule has 2 N–H and O–H groups in total. The van der Waals surface area contributed by atoms with Crippen LogP contribution in [0.4, 0.5) is 20.2 Å². The minimum absolute atomic E-state index is 0.0445. The van der Waals surface area contributed by atoms with E-state index in [0.29, 0.717) is 37.2 Å². The summed E-state index contributed by atoms with van der Waals surface area (Å²) < 4.78 is 32.8. The maximum absolute atomic E-state index is 13.9. The Bertz CT molecular complexity index is 1110. The number of amides is 1. The van der Waals surface area contributed by atoms with Crippen LogP contribution < -0.4 is 20.3 Å². The van der Waals surface area contributed by atoms with E-state index in [1.807, 2.05) is 17.9 Å². The molecule has 166 valence electrons. The van der Waals surface area contributed by atoms with Gasteiger partial charge in [-0.1, -0.05) is 0 Å². The van der Waals surface area contributed by atoms with Crippen LogP contribution in [0.2, 0.25) is 0 Å². The molecule has 1 atom stereocenters. The van der Waals surface area contributed by atoms with Gasteiger partial charge in [0.15, 0.2) is 11.6 Å². The molecule has 0 bridgehead atoms. The molecular formula is C23H22F2N4O2S. The lowest BCUT2D eigenvalue weighted by molar-refractivity contribution is -0.114. The van der Waals surface area contributed by atoms with Gasteiger partial charge in [-0.05, 0) is 37.3 Å². The summed E-state index contributed by atoms with van der Waals surface area (Å²) in [6.45, 7) is 3.24. The zero-order chi connectivity index (χ0) is 22.8. The SMILES string of the molecule is CC1SC=C(C(N)=O)N1c1cc(C#N)ccc1N1CCC(Oc2ccc(F)cc2F)CC1. The van der Waals surface area contributed by atoms with Crippen LogP contribution in [0.1, 0.15) is 25.3 Å². The Labute approximate surface area is 189 Å². The minimum Gasteiger partial charge on any atom is -0.487 e. The normalized spacial score (nSPS) is 18.9. The Morgan fingerprint density at radius 1 is 1.19 bits per heavy atom. The third-order valence-corrected chi connectivity index (χ3v) is 6.55. The van der Waals surface area contributed by atoms with Gasteiger partial charge in [0.1, 0.15) is 17.6 Å². The molecule has 2 heterocycles. The van der Waals surface area contributed by atoms with Crippen LogP contribution in [0.3, 0.4) is 0 Å². The van der Waals surface area contributed by atoms with Crippen molar-refractivity contribution in [2.45, 2.75) is 31.2 Å². The molecule has 1 unspecified atom stereocenters. The fourth-order valence-electron chi connectivity index (χ4n) is 4.00. The number of carbonyl (C=O) groups excluding carboxylic acids is 1. The topological polar surface area (TPSA) is 82.6 Å². The summed E-state index contributed by atoms with van der Waals surface area (Å²) in [7, 11) is 0. The smallest absolute Gasteiger partial charge is 0.265 e. The minimum atomic E-state index is -0.715. The van der Waals surface area contributed by atoms with Crippen molar-refractivity contribution < 1.29 is 18.3 Å². The Kier molecular flexibility index (Phi) is 6.24. The number of rotatable bonds is 5. The van der Waals surface area contributed by atoms with Crippen molar-refractivity contribution in [2.24, 2.45) is 5.73 Å². The van der Waals surface area contributed by atoms with E-state index in [1.54, 1.807) is 17.5 Å². The summed E-state index contributed by atoms with van der Waals surface area (Å²) >= 11 is 1.49. The van der Waals surface area contributed by atoms with Gasteiger partial charge in [-0.3, -0.25) is 4.79 Å². The van der Waals surface area contributed by atoms with Crippen LogP contribution in [-0.2, 0) is 4.79 Å². The fraction of sp³-hybridized carbons (Fsp3) is 0.304. The molecule has 0 aliphatic carbocycles. The van der Waals surface area contributed by atoms with Gasteiger partial charge in [-0.15, -0.1) is 11.8 Å². The van der Waals surface area contributed by atoms with Crippen molar-refractivity contribution in [3.8, 4) is 11.8 Å². The van der Waals surface area contributed by atoms with Crippen molar-refractivity contribution >= 4 is 29.0 Å². The van der Waals surface area contributed by atoms with Crippen molar-refractivity contribution in [3.05, 3.63) is 64.7 Å². The molecule has 2 aromatic rings. The molecule has 0 radical (unpaired) electrons. The molecular weight excluding hydrogens is 434 g/mol. The largest absolute Gasteiger partial charge is 0.487 e. The molecule has 6 nitrogen and oxygen atoms in total. The van der Waals surface area contributed by atoms with Crippen molar-refractivity contribution in [3.63, 3.8) is 0 Å². The Balaban J connectivity index is 1.54. The average Bonchev–Trinajstić information content (AvgIpc) is 3.17. The number of thioether (sulfide) groups is 1. The van der Waals surface area contributed by atoms with Gasteiger partial charge in [0.2, 0.25) is 0 Å². The van der Waals surface area contributed by atoms with E-state index in [2.05, 4.69) is 11.0 Å². The highest BCUT2D eigenvalue weighted by Crippen LogP contribution is 2.41. The Morgan fingerprint density at radius 3 is 2.59 bits per heavy atom. The maximum Gasteiger partial charge on any atom is 0.265 e. The van der Waals surface area contributed by atoms with E-state index in [9.17, 15) is 18.8 Å². The molecule has 1 saturated heterocycles. The van der Waals surface area contributed by atoms with E-state index in [-0.39, 0.29) is 17.2 Å². The molecule has 9 heteroatoms. The highest BCUT2D eigenvalue weighted by Gasteiger charge is 2.32. The van der Waals surface area contributed by atoms with Crippen LogP contribution in [0.25, 0.3) is 0 Å². The Hall–Kier alpha value is -3.25. The third kappa shape index (κ3) is 4.36. The van der Waals surface area contributed by atoms with Gasteiger partial charge in [-0.2, -0.15) is 5.26 Å². The van der Waals surface area contributed by atoms with Gasteiger partial charge >= 0.3 is 0 Å². The summed E-state index contributed by atoms with van der Waals surface area (Å²) in [6.07, 6.45) is 1.08. The number of nitrogens with zero attached hydrogens (tertiary/aromatic N) is 3. The van der Waals surface area contributed by atoms with Gasteiger partial charge in [0.05, 0.1) is 28.4 Å². The van der Waals surface area contributed by atoms with Crippen molar-refractivity contribution in [2.75, 3.05) is 22.9 Å². The number of hydrogen-bond donors (Lipinski definition) is 1. The summed E-state index contributed by atoms with van der Waals surface area (Å²) in [5.41, 5.74) is 8.10. The zero-order valence-electron chi connectivity index (χ0n) is 17.4. The molecule has 2 aliphatic rings. The standard InChI is InChI=1S/C23H22F2N4O2S/c1-14-29(21(13-32-14)23(27)30)20-10-15(12-26)2-4-19(20)28-8-6-17(7-9-28)31-22-5-3-16(24)11-18(22)25/h2-5,10-11,13-14,17H,6-9H2,1H3,(H2,27,30). The van der Waals surface area contributed by atoms with Crippen LogP contribution >= 0.6 is 11.8 Å². The van der Waals surface area contributed by atoms with Crippen LogP contribution in [-0.4, -0.2) is 30.5 Å². The van der Waals surface area contributed by atoms with Gasteiger partial charge in [-0.25, -0.2) is 8.78 Å². The Morgan fingerprint density at radius 2 is 1.94 bits per heavy atom. The molecule has 2 aliphatic heterocycles. The average molecular weight is 457 g/mol. The summed E-state index contributed by atoms with van der Waals surface area (Å²) in [5, 5.41) is 11.1. The van der Waals surface area contributed by atoms with Gasteiger partial charge in [0.25, 0.3) is 5.91 Å². The van der Waals surface area contributed by atoms with Crippen molar-refractivity contribution in [1.82, 2.24) is 0 Å². The molecule has 1 amide bonds. The predicted molar refractivity (Wildman–Crippen MR) is 120 cm³/mol. The maximum atomic E-state index is 13.9. The first kappa shape index (κ1) is 22.0. The number of hydrogen-bond acceptors (Lipinski definition) is 6. The number of anilines is 2. The van der Waals surface area contributed by atoms with E-state index in [0.717, 1.165) is 17.4 Å².